The van der Waals surface area contributed by atoms with Crippen LogP contribution in [0.25, 0.3) is 5.70 Å². The van der Waals surface area contributed by atoms with E-state index in [0.717, 1.165) is 18.4 Å². The van der Waals surface area contributed by atoms with Crippen LogP contribution in [0, 0.1) is 0 Å². The molecule has 2 heterocycles. The van der Waals surface area contributed by atoms with E-state index in [4.69, 9.17) is 0 Å². The van der Waals surface area contributed by atoms with Gasteiger partial charge in [0.2, 0.25) is 5.91 Å². The van der Waals surface area contributed by atoms with E-state index in [9.17, 15) is 19.2 Å². The van der Waals surface area contributed by atoms with Crippen molar-refractivity contribution in [1.29, 1.82) is 0 Å². The molecule has 1 N–H and O–H groups in total. The largest absolute Gasteiger partial charge is 0.345 e. The van der Waals surface area contributed by atoms with Crippen LogP contribution in [0.4, 0.5) is 0 Å². The molecule has 2 aliphatic heterocycles. The molecule has 0 aromatic heterocycles. The van der Waals surface area contributed by atoms with Crippen LogP contribution < -0.4 is 5.32 Å². The molecule has 0 spiro atoms. The van der Waals surface area contributed by atoms with Crippen molar-refractivity contribution in [1.82, 2.24) is 20.0 Å². The highest BCUT2D eigenvalue weighted by Crippen LogP contribution is 2.30. The van der Waals surface area contributed by atoms with Crippen LogP contribution in [0.1, 0.15) is 28.8 Å². The highest BCUT2D eigenvalue weighted by molar-refractivity contribution is 6.35. The topological polar surface area (TPSA) is 90.0 Å². The van der Waals surface area contributed by atoms with E-state index in [-0.39, 0.29) is 24.4 Å². The van der Waals surface area contributed by atoms with Crippen LogP contribution in [0.5, 0.6) is 0 Å². The van der Waals surface area contributed by atoms with Crippen molar-refractivity contribution >= 4 is 29.3 Å². The maximum absolute atomic E-state index is 12.7. The van der Waals surface area contributed by atoms with Gasteiger partial charge in [-0.3, -0.25) is 24.1 Å². The van der Waals surface area contributed by atoms with Gasteiger partial charge in [-0.15, -0.1) is 0 Å². The molecule has 1 saturated heterocycles. The number of nitrogens with zero attached hydrogens (tertiary/aromatic N) is 3. The molecule has 1 aliphatic carbocycles. The summed E-state index contributed by atoms with van der Waals surface area (Å²) in [5, 5.41) is 2.69. The summed E-state index contributed by atoms with van der Waals surface area (Å²) in [6.07, 6.45) is 1.84. The van der Waals surface area contributed by atoms with Crippen molar-refractivity contribution in [3.8, 4) is 0 Å². The van der Waals surface area contributed by atoms with Gasteiger partial charge >= 0.3 is 11.8 Å². The van der Waals surface area contributed by atoms with E-state index in [0.29, 0.717) is 37.4 Å². The first kappa shape index (κ1) is 18.2. The number of benzene rings is 1. The van der Waals surface area contributed by atoms with Crippen LogP contribution in [0.15, 0.2) is 30.8 Å². The van der Waals surface area contributed by atoms with Crippen molar-refractivity contribution < 1.29 is 19.2 Å². The monoisotopic (exact) mass is 382 g/mol. The second-order valence-electron chi connectivity index (χ2n) is 7.30. The lowest BCUT2D eigenvalue weighted by Crippen LogP contribution is -2.55. The molecule has 28 heavy (non-hydrogen) atoms. The standard InChI is InChI=1S/C20H22N4O4/c1-13-15-4-2-3-5-16(15)19(27)24(13)12-17(25)22-8-10-23(11-9-22)20(28)18(26)21-14-6-7-14/h2-5,14H,1,6-12H2,(H,21,26). The molecule has 0 unspecified atom stereocenters. The molecule has 3 aliphatic rings. The van der Waals surface area contributed by atoms with Gasteiger partial charge in [0.05, 0.1) is 0 Å². The smallest absolute Gasteiger partial charge is 0.312 e. The predicted octanol–water partition coefficient (Wildman–Crippen LogP) is 0.0625. The minimum Gasteiger partial charge on any atom is -0.345 e. The molecule has 0 radical (unpaired) electrons. The van der Waals surface area contributed by atoms with Crippen molar-refractivity contribution in [2.75, 3.05) is 32.7 Å². The van der Waals surface area contributed by atoms with Gasteiger partial charge in [0.1, 0.15) is 6.54 Å². The zero-order valence-electron chi connectivity index (χ0n) is 15.5. The fraction of sp³-hybridized carbons (Fsp3) is 0.400. The summed E-state index contributed by atoms with van der Waals surface area (Å²) < 4.78 is 0. The molecule has 2 fully saturated rings. The summed E-state index contributed by atoms with van der Waals surface area (Å²) in [7, 11) is 0. The number of carbonyl (C=O) groups is 4. The van der Waals surface area contributed by atoms with Gasteiger partial charge < -0.3 is 15.1 Å². The Morgan fingerprint density at radius 1 is 1.00 bits per heavy atom. The molecule has 4 rings (SSSR count). The molecule has 8 nitrogen and oxygen atoms in total. The van der Waals surface area contributed by atoms with Crippen molar-refractivity contribution in [2.24, 2.45) is 0 Å². The summed E-state index contributed by atoms with van der Waals surface area (Å²) in [6.45, 7) is 5.14. The summed E-state index contributed by atoms with van der Waals surface area (Å²) in [5.41, 5.74) is 1.83. The van der Waals surface area contributed by atoms with Crippen LogP contribution in [-0.2, 0) is 14.4 Å². The van der Waals surface area contributed by atoms with Crippen molar-refractivity contribution in [2.45, 2.75) is 18.9 Å². The second kappa shape index (κ2) is 7.10. The maximum atomic E-state index is 12.7. The average molecular weight is 382 g/mol. The number of amides is 4. The number of hydrogen-bond donors (Lipinski definition) is 1. The fourth-order valence-corrected chi connectivity index (χ4v) is 3.51. The summed E-state index contributed by atoms with van der Waals surface area (Å²) >= 11 is 0. The third-order valence-electron chi connectivity index (χ3n) is 5.36. The lowest BCUT2D eigenvalue weighted by molar-refractivity contribution is -0.148. The lowest BCUT2D eigenvalue weighted by atomic mass is 10.1. The molecular formula is C20H22N4O4. The van der Waals surface area contributed by atoms with Gasteiger partial charge in [-0.2, -0.15) is 0 Å². The number of hydrogen-bond acceptors (Lipinski definition) is 4. The Kier molecular flexibility index (Phi) is 4.62. The Bertz CT molecular complexity index is 834. The first-order chi connectivity index (χ1) is 13.5. The molecule has 1 aromatic rings. The Morgan fingerprint density at radius 2 is 1.61 bits per heavy atom. The van der Waals surface area contributed by atoms with E-state index in [1.54, 1.807) is 17.0 Å². The summed E-state index contributed by atoms with van der Waals surface area (Å²) in [5.74, 6) is -1.53. The predicted molar refractivity (Wildman–Crippen MR) is 101 cm³/mol. The number of fused-ring (bicyclic) bond motifs is 1. The minimum atomic E-state index is -0.570. The van der Waals surface area contributed by atoms with Crippen LogP contribution in [0.2, 0.25) is 0 Å². The van der Waals surface area contributed by atoms with Gasteiger partial charge in [-0.05, 0) is 18.9 Å². The first-order valence-electron chi connectivity index (χ1n) is 9.43. The van der Waals surface area contributed by atoms with Gasteiger partial charge in [0, 0.05) is 49.0 Å². The zero-order valence-corrected chi connectivity index (χ0v) is 15.5. The first-order valence-corrected chi connectivity index (χ1v) is 9.43. The molecule has 8 heteroatoms. The van der Waals surface area contributed by atoms with Gasteiger partial charge in [-0.1, -0.05) is 24.8 Å². The molecule has 1 aromatic carbocycles. The van der Waals surface area contributed by atoms with E-state index < -0.39 is 11.8 Å². The molecule has 1 saturated carbocycles. The van der Waals surface area contributed by atoms with Gasteiger partial charge in [0.25, 0.3) is 5.91 Å². The van der Waals surface area contributed by atoms with E-state index in [1.165, 1.54) is 9.80 Å². The van der Waals surface area contributed by atoms with E-state index >= 15 is 0 Å². The molecule has 146 valence electrons. The lowest BCUT2D eigenvalue weighted by Gasteiger charge is -2.35. The van der Waals surface area contributed by atoms with Crippen molar-refractivity contribution in [3.63, 3.8) is 0 Å². The summed E-state index contributed by atoms with van der Waals surface area (Å²) in [4.78, 5) is 53.7. The second-order valence-corrected chi connectivity index (χ2v) is 7.30. The average Bonchev–Trinajstić information content (AvgIpc) is 3.50. The van der Waals surface area contributed by atoms with Gasteiger partial charge in [0.15, 0.2) is 0 Å². The van der Waals surface area contributed by atoms with Gasteiger partial charge in [-0.25, -0.2) is 0 Å². The molecule has 0 bridgehead atoms. The van der Waals surface area contributed by atoms with Crippen LogP contribution in [-0.4, -0.2) is 77.1 Å². The van der Waals surface area contributed by atoms with Crippen LogP contribution >= 0.6 is 0 Å². The normalized spacial score (nSPS) is 18.9. The molecule has 4 amide bonds. The number of carbonyl (C=O) groups excluding carboxylic acids is 4. The maximum Gasteiger partial charge on any atom is 0.312 e. The molecule has 0 atom stereocenters. The Labute approximate surface area is 162 Å². The number of rotatable bonds is 3. The SMILES string of the molecule is C=C1c2ccccc2C(=O)N1CC(=O)N1CCN(C(=O)C(=O)NC2CC2)CC1. The highest BCUT2D eigenvalue weighted by Gasteiger charge is 2.35. The third-order valence-corrected chi connectivity index (χ3v) is 5.36. The zero-order chi connectivity index (χ0) is 19.8. The fourth-order valence-electron chi connectivity index (χ4n) is 3.51. The Hall–Kier alpha value is -3.16. The third kappa shape index (κ3) is 3.37. The Balaban J connectivity index is 1.31. The number of piperazine rings is 1. The quantitative estimate of drug-likeness (QED) is 0.749. The van der Waals surface area contributed by atoms with E-state index in [2.05, 4.69) is 11.9 Å². The highest BCUT2D eigenvalue weighted by atomic mass is 16.2. The number of nitrogens with one attached hydrogen (secondary N) is 1. The minimum absolute atomic E-state index is 0.0809. The van der Waals surface area contributed by atoms with Crippen molar-refractivity contribution in [3.05, 3.63) is 42.0 Å². The summed E-state index contributed by atoms with van der Waals surface area (Å²) in [6, 6.07) is 7.29. The van der Waals surface area contributed by atoms with Crippen LogP contribution in [0.3, 0.4) is 0 Å². The van der Waals surface area contributed by atoms with E-state index in [1.807, 2.05) is 12.1 Å². The Morgan fingerprint density at radius 3 is 2.21 bits per heavy atom. The molecular weight excluding hydrogens is 360 g/mol.